The Labute approximate surface area is 166 Å². The highest BCUT2D eigenvalue weighted by Gasteiger charge is 2.34. The highest BCUT2D eigenvalue weighted by molar-refractivity contribution is 5.96. The Kier molecular flexibility index (Phi) is 5.80. The lowest BCUT2D eigenvalue weighted by molar-refractivity contribution is -0.127. The normalized spacial score (nSPS) is 24.0. The maximum atomic E-state index is 12.9. The van der Waals surface area contributed by atoms with Gasteiger partial charge in [-0.05, 0) is 57.2 Å². The Morgan fingerprint density at radius 3 is 2.64 bits per heavy atom. The fourth-order valence-corrected chi connectivity index (χ4v) is 4.42. The molecule has 1 N–H and O–H groups in total. The molecule has 1 atom stereocenters. The number of amides is 2. The summed E-state index contributed by atoms with van der Waals surface area (Å²) in [6, 6.07) is 4.43. The number of nitrogens with one attached hydrogen (secondary N) is 1. The molecule has 28 heavy (non-hydrogen) atoms. The molecule has 7 nitrogen and oxygen atoms in total. The minimum Gasteiger partial charge on any atom is -0.480 e. The average molecular weight is 386 g/mol. The van der Waals surface area contributed by atoms with Gasteiger partial charge in [-0.1, -0.05) is 0 Å². The van der Waals surface area contributed by atoms with Gasteiger partial charge in [-0.25, -0.2) is 4.98 Å². The summed E-state index contributed by atoms with van der Waals surface area (Å²) < 4.78 is 5.23. The lowest BCUT2D eigenvalue weighted by Crippen LogP contribution is -2.51. The van der Waals surface area contributed by atoms with Gasteiger partial charge in [0.15, 0.2) is 0 Å². The molecule has 2 saturated heterocycles. The third-order valence-electron chi connectivity index (χ3n) is 6.21. The summed E-state index contributed by atoms with van der Waals surface area (Å²) in [5.41, 5.74) is 0.526. The molecule has 1 aliphatic carbocycles. The van der Waals surface area contributed by atoms with E-state index in [4.69, 9.17) is 4.74 Å². The molecule has 0 unspecified atom stereocenters. The third kappa shape index (κ3) is 4.29. The highest BCUT2D eigenvalue weighted by atomic mass is 16.5. The second-order valence-electron chi connectivity index (χ2n) is 8.20. The maximum absolute atomic E-state index is 12.9. The molecule has 2 aliphatic heterocycles. The number of rotatable bonds is 5. The minimum atomic E-state index is -0.0104. The first kappa shape index (κ1) is 19.2. The summed E-state index contributed by atoms with van der Waals surface area (Å²) in [4.78, 5) is 33.8. The van der Waals surface area contributed by atoms with Crippen LogP contribution in [0.3, 0.4) is 0 Å². The molecule has 1 aromatic heterocycles. The van der Waals surface area contributed by atoms with Gasteiger partial charge in [0.25, 0.3) is 5.91 Å². The first-order valence-corrected chi connectivity index (χ1v) is 10.5. The number of hydrogen-bond acceptors (Lipinski definition) is 5. The van der Waals surface area contributed by atoms with E-state index in [0.29, 0.717) is 23.5 Å². The largest absolute Gasteiger partial charge is 0.480 e. The molecule has 0 radical (unpaired) electrons. The number of carbonyl (C=O) groups is 2. The van der Waals surface area contributed by atoms with Crippen LogP contribution in [-0.4, -0.2) is 72.0 Å². The van der Waals surface area contributed by atoms with Gasteiger partial charge in [0.05, 0.1) is 13.0 Å². The van der Waals surface area contributed by atoms with E-state index in [-0.39, 0.29) is 17.7 Å². The molecular formula is C21H30N4O3. The van der Waals surface area contributed by atoms with Gasteiger partial charge in [-0.2, -0.15) is 0 Å². The molecule has 0 bridgehead atoms. The van der Waals surface area contributed by atoms with E-state index in [1.165, 1.54) is 7.11 Å². The standard InChI is InChI=1S/C21H30N4O3/c1-28-20-18(5-2-10-22-20)21(27)24-12-8-17(9-13-24)25-11-3-4-15(14-25)19(26)23-16-6-7-16/h2,5,10,15-17H,3-4,6-9,11-14H2,1H3,(H,23,26)/t15-/m0/s1. The van der Waals surface area contributed by atoms with Crippen LogP contribution < -0.4 is 10.1 Å². The van der Waals surface area contributed by atoms with Crippen LogP contribution in [0.5, 0.6) is 5.88 Å². The van der Waals surface area contributed by atoms with Gasteiger partial charge in [0.2, 0.25) is 11.8 Å². The first-order chi connectivity index (χ1) is 13.7. The Balaban J connectivity index is 1.31. The summed E-state index contributed by atoms with van der Waals surface area (Å²) >= 11 is 0. The summed E-state index contributed by atoms with van der Waals surface area (Å²) in [5, 5.41) is 3.16. The summed E-state index contributed by atoms with van der Waals surface area (Å²) in [6.07, 6.45) is 7.87. The van der Waals surface area contributed by atoms with E-state index in [1.807, 2.05) is 4.90 Å². The van der Waals surface area contributed by atoms with E-state index in [9.17, 15) is 9.59 Å². The molecule has 1 saturated carbocycles. The van der Waals surface area contributed by atoms with Crippen molar-refractivity contribution in [1.29, 1.82) is 0 Å². The Bertz CT molecular complexity index is 713. The molecule has 4 rings (SSSR count). The van der Waals surface area contributed by atoms with Crippen LogP contribution in [0.2, 0.25) is 0 Å². The highest BCUT2D eigenvalue weighted by Crippen LogP contribution is 2.27. The van der Waals surface area contributed by atoms with Gasteiger partial charge < -0.3 is 15.0 Å². The smallest absolute Gasteiger partial charge is 0.259 e. The number of aromatic nitrogens is 1. The third-order valence-corrected chi connectivity index (χ3v) is 6.21. The van der Waals surface area contributed by atoms with Crippen LogP contribution in [0.4, 0.5) is 0 Å². The molecule has 152 valence electrons. The first-order valence-electron chi connectivity index (χ1n) is 10.5. The number of likely N-dealkylation sites (tertiary alicyclic amines) is 2. The van der Waals surface area contributed by atoms with Crippen LogP contribution >= 0.6 is 0 Å². The van der Waals surface area contributed by atoms with Gasteiger partial charge >= 0.3 is 0 Å². The van der Waals surface area contributed by atoms with Crippen LogP contribution in [0, 0.1) is 5.92 Å². The average Bonchev–Trinajstić information content (AvgIpc) is 3.57. The number of ether oxygens (including phenoxy) is 1. The second kappa shape index (κ2) is 8.47. The summed E-state index contributed by atoms with van der Waals surface area (Å²) in [7, 11) is 1.54. The maximum Gasteiger partial charge on any atom is 0.259 e. The Hall–Kier alpha value is -2.15. The molecule has 3 heterocycles. The predicted molar refractivity (Wildman–Crippen MR) is 105 cm³/mol. The lowest BCUT2D eigenvalue weighted by Gasteiger charge is -2.42. The zero-order valence-corrected chi connectivity index (χ0v) is 16.6. The summed E-state index contributed by atoms with van der Waals surface area (Å²) in [6.45, 7) is 3.38. The van der Waals surface area contributed by atoms with Crippen LogP contribution in [0.25, 0.3) is 0 Å². The van der Waals surface area contributed by atoms with Crippen molar-refractivity contribution in [3.63, 3.8) is 0 Å². The van der Waals surface area contributed by atoms with Crippen LogP contribution in [0.1, 0.15) is 48.9 Å². The number of methoxy groups -OCH3 is 1. The molecule has 3 aliphatic rings. The summed E-state index contributed by atoms with van der Waals surface area (Å²) in [5.74, 6) is 0.732. The van der Waals surface area contributed by atoms with Gasteiger partial charge in [0, 0.05) is 37.9 Å². The van der Waals surface area contributed by atoms with E-state index < -0.39 is 0 Å². The monoisotopic (exact) mass is 386 g/mol. The van der Waals surface area contributed by atoms with E-state index in [1.54, 1.807) is 18.3 Å². The van der Waals surface area contributed by atoms with Crippen LogP contribution in [-0.2, 0) is 4.79 Å². The SMILES string of the molecule is COc1ncccc1C(=O)N1CCC(N2CCC[C@H](C(=O)NC3CC3)C2)CC1. The fraction of sp³-hybridized carbons (Fsp3) is 0.667. The van der Waals surface area contributed by atoms with Gasteiger partial charge in [-0.15, -0.1) is 0 Å². The lowest BCUT2D eigenvalue weighted by atomic mass is 9.93. The molecule has 7 heteroatoms. The van der Waals surface area contributed by atoms with Gasteiger partial charge in [0.1, 0.15) is 5.56 Å². The zero-order chi connectivity index (χ0) is 19.5. The van der Waals surface area contributed by atoms with Crippen molar-refractivity contribution in [2.24, 2.45) is 5.92 Å². The number of nitrogens with zero attached hydrogens (tertiary/aromatic N) is 3. The van der Waals surface area contributed by atoms with Gasteiger partial charge in [-0.3, -0.25) is 14.5 Å². The van der Waals surface area contributed by atoms with Crippen molar-refractivity contribution in [2.45, 2.75) is 50.6 Å². The Morgan fingerprint density at radius 2 is 1.93 bits per heavy atom. The van der Waals surface area contributed by atoms with Crippen molar-refractivity contribution in [1.82, 2.24) is 20.1 Å². The van der Waals surface area contributed by atoms with Crippen molar-refractivity contribution < 1.29 is 14.3 Å². The van der Waals surface area contributed by atoms with E-state index >= 15 is 0 Å². The number of piperidine rings is 2. The number of pyridine rings is 1. The van der Waals surface area contributed by atoms with Crippen molar-refractivity contribution in [3.8, 4) is 5.88 Å². The Morgan fingerprint density at radius 1 is 1.14 bits per heavy atom. The quantitative estimate of drug-likeness (QED) is 0.834. The minimum absolute atomic E-state index is 0.0104. The fourth-order valence-electron chi connectivity index (χ4n) is 4.42. The number of hydrogen-bond donors (Lipinski definition) is 1. The zero-order valence-electron chi connectivity index (χ0n) is 16.6. The molecule has 2 amide bonds. The molecule has 0 aromatic carbocycles. The van der Waals surface area contributed by atoms with Crippen molar-refractivity contribution in [2.75, 3.05) is 33.3 Å². The molecule has 0 spiro atoms. The van der Waals surface area contributed by atoms with Crippen molar-refractivity contribution in [3.05, 3.63) is 23.9 Å². The molecule has 3 fully saturated rings. The molecular weight excluding hydrogens is 356 g/mol. The van der Waals surface area contributed by atoms with E-state index in [0.717, 1.165) is 64.7 Å². The topological polar surface area (TPSA) is 74.8 Å². The predicted octanol–water partition coefficient (Wildman–Crippen LogP) is 1.69. The van der Waals surface area contributed by atoms with E-state index in [2.05, 4.69) is 15.2 Å². The van der Waals surface area contributed by atoms with Crippen LogP contribution in [0.15, 0.2) is 18.3 Å². The molecule has 1 aromatic rings. The van der Waals surface area contributed by atoms with Crippen molar-refractivity contribution >= 4 is 11.8 Å². The number of carbonyl (C=O) groups excluding carboxylic acids is 2. The second-order valence-corrected chi connectivity index (χ2v) is 8.20.